The average Bonchev–Trinajstić information content (AvgIpc) is 3.02. The Kier molecular flexibility index (Phi) is 4.36. The summed E-state index contributed by atoms with van der Waals surface area (Å²) in [5.41, 5.74) is 0. The molecule has 20 heavy (non-hydrogen) atoms. The molecule has 0 amide bonds. The minimum atomic E-state index is 0.607. The molecule has 2 aliphatic rings. The Balaban J connectivity index is 1.55. The van der Waals surface area contributed by atoms with E-state index in [-0.39, 0.29) is 0 Å². The summed E-state index contributed by atoms with van der Waals surface area (Å²) in [4.78, 5) is 7.08. The third-order valence-electron chi connectivity index (χ3n) is 4.61. The van der Waals surface area contributed by atoms with Crippen molar-refractivity contribution < 1.29 is 0 Å². The van der Waals surface area contributed by atoms with Crippen LogP contribution in [0.15, 0.2) is 6.33 Å². The van der Waals surface area contributed by atoms with Gasteiger partial charge < -0.3 is 5.32 Å². The van der Waals surface area contributed by atoms with Crippen LogP contribution in [0.2, 0.25) is 0 Å². The first-order valence-corrected chi connectivity index (χ1v) is 8.08. The summed E-state index contributed by atoms with van der Waals surface area (Å²) in [6.45, 7) is 8.80. The fourth-order valence-corrected chi connectivity index (χ4v) is 3.63. The molecule has 112 valence electrons. The first-order valence-electron chi connectivity index (χ1n) is 8.08. The molecular weight excluding hydrogens is 250 g/mol. The molecule has 2 saturated heterocycles. The van der Waals surface area contributed by atoms with Crippen LogP contribution in [0, 0.1) is 5.92 Å². The third kappa shape index (κ3) is 3.04. The van der Waals surface area contributed by atoms with Gasteiger partial charge in [0.2, 0.25) is 0 Å². The van der Waals surface area contributed by atoms with Crippen LogP contribution >= 0.6 is 0 Å². The van der Waals surface area contributed by atoms with E-state index in [0.29, 0.717) is 12.0 Å². The molecule has 0 aromatic carbocycles. The highest BCUT2D eigenvalue weighted by Crippen LogP contribution is 2.27. The molecule has 0 saturated carbocycles. The van der Waals surface area contributed by atoms with Gasteiger partial charge >= 0.3 is 0 Å². The van der Waals surface area contributed by atoms with E-state index in [1.807, 2.05) is 4.68 Å². The minimum absolute atomic E-state index is 0.607. The first kappa shape index (κ1) is 14.0. The predicted molar refractivity (Wildman–Crippen MR) is 79.3 cm³/mol. The highest BCUT2D eigenvalue weighted by molar-refractivity contribution is 4.95. The van der Waals surface area contributed by atoms with E-state index < -0.39 is 0 Å². The highest BCUT2D eigenvalue weighted by atomic mass is 15.3. The Morgan fingerprint density at radius 1 is 1.30 bits per heavy atom. The zero-order valence-electron chi connectivity index (χ0n) is 12.8. The third-order valence-corrected chi connectivity index (χ3v) is 4.61. The molecular formula is C15H27N5. The Morgan fingerprint density at radius 3 is 3.05 bits per heavy atom. The van der Waals surface area contributed by atoms with Crippen molar-refractivity contribution in [3.8, 4) is 0 Å². The van der Waals surface area contributed by atoms with E-state index in [2.05, 4.69) is 34.1 Å². The van der Waals surface area contributed by atoms with Gasteiger partial charge in [-0.25, -0.2) is 9.67 Å². The van der Waals surface area contributed by atoms with Gasteiger partial charge in [-0.15, -0.1) is 0 Å². The van der Waals surface area contributed by atoms with Crippen molar-refractivity contribution in [3.63, 3.8) is 0 Å². The molecule has 0 aliphatic carbocycles. The van der Waals surface area contributed by atoms with Gasteiger partial charge in [0, 0.05) is 25.2 Å². The van der Waals surface area contributed by atoms with Crippen molar-refractivity contribution in [2.24, 2.45) is 5.92 Å². The van der Waals surface area contributed by atoms with Gasteiger partial charge in [-0.1, -0.05) is 20.3 Å². The fraction of sp³-hybridized carbons (Fsp3) is 0.867. The topological polar surface area (TPSA) is 46.0 Å². The van der Waals surface area contributed by atoms with E-state index >= 15 is 0 Å². The van der Waals surface area contributed by atoms with Gasteiger partial charge in [-0.05, 0) is 31.7 Å². The Morgan fingerprint density at radius 2 is 2.20 bits per heavy atom. The number of fused-ring (bicyclic) bond motifs is 1. The van der Waals surface area contributed by atoms with E-state index in [4.69, 9.17) is 0 Å². The minimum Gasteiger partial charge on any atom is -0.305 e. The number of hydrogen-bond acceptors (Lipinski definition) is 4. The van der Waals surface area contributed by atoms with Gasteiger partial charge in [-0.2, -0.15) is 5.10 Å². The largest absolute Gasteiger partial charge is 0.305 e. The Labute approximate surface area is 121 Å². The first-order chi connectivity index (χ1) is 9.74. The van der Waals surface area contributed by atoms with Crippen LogP contribution < -0.4 is 5.32 Å². The SMILES string of the molecule is CC(C)Cn1ncnc1CNC1CCN2CCCCC12. The second-order valence-corrected chi connectivity index (χ2v) is 6.63. The Hall–Kier alpha value is -0.940. The number of rotatable bonds is 5. The molecule has 0 radical (unpaired) electrons. The molecule has 5 heteroatoms. The molecule has 0 bridgehead atoms. The summed E-state index contributed by atoms with van der Waals surface area (Å²) in [7, 11) is 0. The monoisotopic (exact) mass is 277 g/mol. The maximum atomic E-state index is 4.41. The Bertz CT molecular complexity index is 428. The lowest BCUT2D eigenvalue weighted by Gasteiger charge is -2.32. The summed E-state index contributed by atoms with van der Waals surface area (Å²) in [6, 6.07) is 1.39. The van der Waals surface area contributed by atoms with Gasteiger partial charge in [0.25, 0.3) is 0 Å². The molecule has 2 aliphatic heterocycles. The number of piperidine rings is 1. The van der Waals surface area contributed by atoms with Crippen molar-refractivity contribution in [1.82, 2.24) is 25.0 Å². The van der Waals surface area contributed by atoms with E-state index in [1.165, 1.54) is 38.8 Å². The zero-order valence-corrected chi connectivity index (χ0v) is 12.8. The number of nitrogens with one attached hydrogen (secondary N) is 1. The highest BCUT2D eigenvalue weighted by Gasteiger charge is 2.35. The van der Waals surface area contributed by atoms with Crippen molar-refractivity contribution in [3.05, 3.63) is 12.2 Å². The van der Waals surface area contributed by atoms with Crippen molar-refractivity contribution in [2.45, 2.75) is 64.7 Å². The quantitative estimate of drug-likeness (QED) is 0.889. The molecule has 0 spiro atoms. The molecule has 1 N–H and O–H groups in total. The van der Waals surface area contributed by atoms with Crippen LogP contribution in [0.1, 0.15) is 45.4 Å². The summed E-state index contributed by atoms with van der Waals surface area (Å²) in [6.07, 6.45) is 7.09. The zero-order chi connectivity index (χ0) is 13.9. The van der Waals surface area contributed by atoms with Gasteiger partial charge in [0.1, 0.15) is 12.2 Å². The van der Waals surface area contributed by atoms with Crippen LogP contribution in [0.3, 0.4) is 0 Å². The second-order valence-electron chi connectivity index (χ2n) is 6.63. The van der Waals surface area contributed by atoms with Crippen LogP contribution in [0.25, 0.3) is 0 Å². The lowest BCUT2D eigenvalue weighted by molar-refractivity contribution is 0.179. The summed E-state index contributed by atoms with van der Waals surface area (Å²) in [5.74, 6) is 1.68. The number of aromatic nitrogens is 3. The summed E-state index contributed by atoms with van der Waals surface area (Å²) < 4.78 is 2.05. The molecule has 2 atom stereocenters. The smallest absolute Gasteiger partial charge is 0.140 e. The van der Waals surface area contributed by atoms with Crippen LogP contribution in [0.5, 0.6) is 0 Å². The summed E-state index contributed by atoms with van der Waals surface area (Å²) in [5, 5.41) is 8.07. The lowest BCUT2D eigenvalue weighted by atomic mass is 9.99. The van der Waals surface area contributed by atoms with Crippen molar-refractivity contribution in [1.29, 1.82) is 0 Å². The number of hydrogen-bond donors (Lipinski definition) is 1. The molecule has 5 nitrogen and oxygen atoms in total. The normalized spacial score (nSPS) is 27.1. The van der Waals surface area contributed by atoms with E-state index in [9.17, 15) is 0 Å². The molecule has 2 fully saturated rings. The van der Waals surface area contributed by atoms with Gasteiger partial charge in [0.15, 0.2) is 0 Å². The second kappa shape index (κ2) is 6.22. The molecule has 1 aromatic heterocycles. The van der Waals surface area contributed by atoms with Crippen LogP contribution in [-0.4, -0.2) is 44.8 Å². The predicted octanol–water partition coefficient (Wildman–Crippen LogP) is 1.65. The maximum Gasteiger partial charge on any atom is 0.140 e. The van der Waals surface area contributed by atoms with E-state index in [1.54, 1.807) is 6.33 Å². The van der Waals surface area contributed by atoms with Crippen LogP contribution in [0.4, 0.5) is 0 Å². The van der Waals surface area contributed by atoms with Crippen molar-refractivity contribution >= 4 is 0 Å². The van der Waals surface area contributed by atoms with E-state index in [0.717, 1.165) is 25.0 Å². The maximum absolute atomic E-state index is 4.41. The van der Waals surface area contributed by atoms with Crippen LogP contribution in [-0.2, 0) is 13.1 Å². The molecule has 3 rings (SSSR count). The van der Waals surface area contributed by atoms with Gasteiger partial charge in [-0.3, -0.25) is 4.90 Å². The molecule has 2 unspecified atom stereocenters. The lowest BCUT2D eigenvalue weighted by Crippen LogP contribution is -2.44. The average molecular weight is 277 g/mol. The van der Waals surface area contributed by atoms with Gasteiger partial charge in [0.05, 0.1) is 6.54 Å². The molecule has 1 aromatic rings. The summed E-state index contributed by atoms with van der Waals surface area (Å²) >= 11 is 0. The van der Waals surface area contributed by atoms with Crippen molar-refractivity contribution in [2.75, 3.05) is 13.1 Å². The fourth-order valence-electron chi connectivity index (χ4n) is 3.63. The molecule has 3 heterocycles. The number of nitrogens with zero attached hydrogens (tertiary/aromatic N) is 4. The standard InChI is InChI=1S/C15H27N5/c1-12(2)10-20-15(17-11-18-20)9-16-13-6-8-19-7-4-3-5-14(13)19/h11-14,16H,3-10H2,1-2H3.